The van der Waals surface area contributed by atoms with E-state index in [4.69, 9.17) is 23.1 Å². The predicted molar refractivity (Wildman–Crippen MR) is 75.6 cm³/mol. The van der Waals surface area contributed by atoms with Crippen molar-refractivity contribution in [3.63, 3.8) is 0 Å². The fourth-order valence-electron chi connectivity index (χ4n) is 1.81. The lowest BCUT2D eigenvalue weighted by molar-refractivity contribution is 0.631. The lowest BCUT2D eigenvalue weighted by Gasteiger charge is -2.13. The number of hydrogen-bond donors (Lipinski definition) is 3. The highest BCUT2D eigenvalue weighted by Crippen LogP contribution is 2.33. The van der Waals surface area contributed by atoms with Gasteiger partial charge in [0, 0.05) is 31.9 Å². The summed E-state index contributed by atoms with van der Waals surface area (Å²) in [4.78, 5) is 0. The molecule has 2 aromatic rings. The van der Waals surface area contributed by atoms with Gasteiger partial charge in [-0.1, -0.05) is 11.6 Å². The second-order valence-corrected chi connectivity index (χ2v) is 4.56. The number of nitrogen functional groups attached to an aromatic ring is 2. The standard InChI is InChI=1S/C12H15ClFN5/c1-19-7(3-5-18-19)2-4-17-12-9(16)6-8(15)10(13)11(12)14/h3,5-6,17H,2,4,15-16H2,1H3. The van der Waals surface area contributed by atoms with Gasteiger partial charge in [0.15, 0.2) is 5.82 Å². The Morgan fingerprint density at radius 3 is 2.79 bits per heavy atom. The molecule has 5 nitrogen and oxygen atoms in total. The lowest BCUT2D eigenvalue weighted by Crippen LogP contribution is -2.11. The molecule has 0 fully saturated rings. The zero-order chi connectivity index (χ0) is 14.0. The van der Waals surface area contributed by atoms with Gasteiger partial charge in [0.05, 0.1) is 17.1 Å². The van der Waals surface area contributed by atoms with Crippen LogP contribution in [-0.4, -0.2) is 16.3 Å². The Hall–Kier alpha value is -1.95. The van der Waals surface area contributed by atoms with Gasteiger partial charge in [-0.05, 0) is 12.1 Å². The molecule has 0 saturated carbocycles. The summed E-state index contributed by atoms with van der Waals surface area (Å²) in [5, 5.41) is 6.88. The highest BCUT2D eigenvalue weighted by atomic mass is 35.5. The highest BCUT2D eigenvalue weighted by molar-refractivity contribution is 6.33. The molecular weight excluding hydrogens is 269 g/mol. The van der Waals surface area contributed by atoms with Crippen LogP contribution in [0, 0.1) is 5.82 Å². The molecule has 2 rings (SSSR count). The van der Waals surface area contributed by atoms with E-state index < -0.39 is 5.82 Å². The van der Waals surface area contributed by atoms with Gasteiger partial charge in [-0.2, -0.15) is 5.10 Å². The third-order valence-corrected chi connectivity index (χ3v) is 3.25. The Morgan fingerprint density at radius 2 is 2.16 bits per heavy atom. The Balaban J connectivity index is 2.08. The SMILES string of the molecule is Cn1nccc1CCNc1c(N)cc(N)c(Cl)c1F. The number of benzene rings is 1. The van der Waals surface area contributed by atoms with Crippen molar-refractivity contribution in [2.75, 3.05) is 23.3 Å². The van der Waals surface area contributed by atoms with Crippen LogP contribution in [-0.2, 0) is 13.5 Å². The molecule has 7 heteroatoms. The third kappa shape index (κ3) is 2.73. The Bertz CT molecular complexity index is 596. The molecule has 102 valence electrons. The van der Waals surface area contributed by atoms with E-state index in [0.717, 1.165) is 5.69 Å². The number of halogens is 2. The van der Waals surface area contributed by atoms with Crippen LogP contribution in [0.1, 0.15) is 5.69 Å². The molecule has 0 aliphatic heterocycles. The van der Waals surface area contributed by atoms with Gasteiger partial charge in [-0.3, -0.25) is 4.68 Å². The van der Waals surface area contributed by atoms with Crippen LogP contribution >= 0.6 is 11.6 Å². The summed E-state index contributed by atoms with van der Waals surface area (Å²) in [6, 6.07) is 3.34. The van der Waals surface area contributed by atoms with Gasteiger partial charge in [0.1, 0.15) is 5.02 Å². The van der Waals surface area contributed by atoms with Crippen LogP contribution in [0.3, 0.4) is 0 Å². The van der Waals surface area contributed by atoms with E-state index >= 15 is 0 Å². The summed E-state index contributed by atoms with van der Waals surface area (Å²) in [5.74, 6) is -0.621. The maximum absolute atomic E-state index is 13.9. The number of aryl methyl sites for hydroxylation is 1. The van der Waals surface area contributed by atoms with Crippen LogP contribution in [0.15, 0.2) is 18.3 Å². The average Bonchev–Trinajstić information content (AvgIpc) is 2.77. The van der Waals surface area contributed by atoms with E-state index in [1.54, 1.807) is 10.9 Å². The first-order valence-corrected chi connectivity index (χ1v) is 6.12. The second-order valence-electron chi connectivity index (χ2n) is 4.18. The van der Waals surface area contributed by atoms with Gasteiger partial charge in [0.25, 0.3) is 0 Å². The van der Waals surface area contributed by atoms with Crippen LogP contribution in [0.5, 0.6) is 0 Å². The van der Waals surface area contributed by atoms with E-state index in [1.165, 1.54) is 6.07 Å². The Labute approximate surface area is 115 Å². The van der Waals surface area contributed by atoms with E-state index in [-0.39, 0.29) is 22.1 Å². The first-order chi connectivity index (χ1) is 9.00. The number of nitrogens with zero attached hydrogens (tertiary/aromatic N) is 2. The van der Waals surface area contributed by atoms with Crippen molar-refractivity contribution < 1.29 is 4.39 Å². The zero-order valence-corrected chi connectivity index (χ0v) is 11.2. The van der Waals surface area contributed by atoms with Crippen molar-refractivity contribution in [2.45, 2.75) is 6.42 Å². The van der Waals surface area contributed by atoms with E-state index in [2.05, 4.69) is 10.4 Å². The van der Waals surface area contributed by atoms with Gasteiger partial charge in [-0.15, -0.1) is 0 Å². The minimum Gasteiger partial charge on any atom is -0.397 e. The molecule has 0 amide bonds. The fourth-order valence-corrected chi connectivity index (χ4v) is 1.96. The van der Waals surface area contributed by atoms with Gasteiger partial charge in [-0.25, -0.2) is 4.39 Å². The summed E-state index contributed by atoms with van der Waals surface area (Å²) < 4.78 is 15.7. The maximum atomic E-state index is 13.9. The van der Waals surface area contributed by atoms with Gasteiger partial charge < -0.3 is 16.8 Å². The molecule has 5 N–H and O–H groups in total. The number of rotatable bonds is 4. The van der Waals surface area contributed by atoms with E-state index in [1.807, 2.05) is 13.1 Å². The van der Waals surface area contributed by atoms with Crippen LogP contribution in [0.4, 0.5) is 21.5 Å². The van der Waals surface area contributed by atoms with Gasteiger partial charge >= 0.3 is 0 Å². The number of nitrogens with one attached hydrogen (secondary N) is 1. The first kappa shape index (κ1) is 13.5. The van der Waals surface area contributed by atoms with E-state index in [9.17, 15) is 4.39 Å². The molecule has 0 radical (unpaired) electrons. The summed E-state index contributed by atoms with van der Waals surface area (Å²) in [5.41, 5.74) is 12.8. The molecule has 0 spiro atoms. The molecule has 1 aromatic carbocycles. The smallest absolute Gasteiger partial charge is 0.169 e. The molecule has 0 bridgehead atoms. The van der Waals surface area contributed by atoms with E-state index in [0.29, 0.717) is 13.0 Å². The molecule has 0 saturated heterocycles. The average molecular weight is 284 g/mol. The van der Waals surface area contributed by atoms with Crippen LogP contribution in [0.25, 0.3) is 0 Å². The molecule has 0 aliphatic carbocycles. The van der Waals surface area contributed by atoms with Crippen molar-refractivity contribution in [1.82, 2.24) is 9.78 Å². The van der Waals surface area contributed by atoms with Crippen LogP contribution in [0.2, 0.25) is 5.02 Å². The highest BCUT2D eigenvalue weighted by Gasteiger charge is 2.13. The molecule has 1 heterocycles. The van der Waals surface area contributed by atoms with Gasteiger partial charge in [0.2, 0.25) is 0 Å². The summed E-state index contributed by atoms with van der Waals surface area (Å²) in [7, 11) is 1.85. The molecule has 19 heavy (non-hydrogen) atoms. The number of anilines is 3. The largest absolute Gasteiger partial charge is 0.397 e. The molecule has 1 aromatic heterocycles. The third-order valence-electron chi connectivity index (χ3n) is 2.87. The molecule has 0 unspecified atom stereocenters. The second kappa shape index (κ2) is 5.36. The number of aromatic nitrogens is 2. The van der Waals surface area contributed by atoms with Crippen molar-refractivity contribution in [3.8, 4) is 0 Å². The number of hydrogen-bond acceptors (Lipinski definition) is 4. The Kier molecular flexibility index (Phi) is 3.80. The normalized spacial score (nSPS) is 10.7. The monoisotopic (exact) mass is 283 g/mol. The van der Waals surface area contributed by atoms with Crippen molar-refractivity contribution in [3.05, 3.63) is 34.9 Å². The number of nitrogens with two attached hydrogens (primary N) is 2. The van der Waals surface area contributed by atoms with Crippen LogP contribution < -0.4 is 16.8 Å². The molecule has 0 atom stereocenters. The van der Waals surface area contributed by atoms with Crippen molar-refractivity contribution in [1.29, 1.82) is 0 Å². The first-order valence-electron chi connectivity index (χ1n) is 5.74. The fraction of sp³-hybridized carbons (Fsp3) is 0.250. The summed E-state index contributed by atoms with van der Waals surface area (Å²) in [6.07, 6.45) is 2.40. The van der Waals surface area contributed by atoms with Crippen molar-refractivity contribution in [2.24, 2.45) is 7.05 Å². The quantitative estimate of drug-likeness (QED) is 0.750. The Morgan fingerprint density at radius 1 is 1.42 bits per heavy atom. The molecule has 0 aliphatic rings. The maximum Gasteiger partial charge on any atom is 0.169 e. The minimum absolute atomic E-state index is 0.114. The van der Waals surface area contributed by atoms with Crippen molar-refractivity contribution >= 4 is 28.7 Å². The lowest BCUT2D eigenvalue weighted by atomic mass is 10.2. The summed E-state index contributed by atoms with van der Waals surface area (Å²) in [6.45, 7) is 0.515. The molecular formula is C12H15ClFN5. The minimum atomic E-state index is -0.621. The topological polar surface area (TPSA) is 81.9 Å². The zero-order valence-electron chi connectivity index (χ0n) is 10.5. The predicted octanol–water partition coefficient (Wildman–Crippen LogP) is 2.03. The summed E-state index contributed by atoms with van der Waals surface area (Å²) >= 11 is 5.75.